The summed E-state index contributed by atoms with van der Waals surface area (Å²) in [6.07, 6.45) is 3.09. The fourth-order valence-electron chi connectivity index (χ4n) is 1.53. The van der Waals surface area contributed by atoms with Crippen molar-refractivity contribution in [2.24, 2.45) is 0 Å². The third kappa shape index (κ3) is 2.91. The number of carbonyl (C=O) groups is 1. The van der Waals surface area contributed by atoms with Crippen molar-refractivity contribution in [3.05, 3.63) is 46.3 Å². The largest absolute Gasteiger partial charge is 0.493 e. The summed E-state index contributed by atoms with van der Waals surface area (Å²) in [6, 6.07) is 4.70. The van der Waals surface area contributed by atoms with Crippen LogP contribution in [0.25, 0.3) is 0 Å². The molecule has 1 aromatic heterocycles. The predicted octanol–water partition coefficient (Wildman–Crippen LogP) is 1.65. The maximum Gasteiger partial charge on any atom is 0.307 e. The molecule has 8 heteroatoms. The van der Waals surface area contributed by atoms with Gasteiger partial charge in [-0.2, -0.15) is 5.10 Å². The molecule has 1 heterocycles. The van der Waals surface area contributed by atoms with E-state index in [4.69, 9.17) is 9.47 Å². The molecular formula is C12H11N3O5. The third-order valence-electron chi connectivity index (χ3n) is 2.51. The minimum Gasteiger partial charge on any atom is -0.493 e. The molecule has 0 N–H and O–H groups in total. The number of nitro groups is 1. The second-order valence-corrected chi connectivity index (χ2v) is 3.80. The first-order valence-corrected chi connectivity index (χ1v) is 5.57. The Bertz CT molecular complexity index is 638. The minimum atomic E-state index is -0.539. The molecule has 8 nitrogen and oxygen atoms in total. The van der Waals surface area contributed by atoms with E-state index in [-0.39, 0.29) is 12.4 Å². The van der Waals surface area contributed by atoms with Gasteiger partial charge < -0.3 is 9.47 Å². The van der Waals surface area contributed by atoms with Gasteiger partial charge in [-0.3, -0.25) is 14.9 Å². The molecule has 0 fully saturated rings. The molecule has 20 heavy (non-hydrogen) atoms. The molecule has 0 atom stereocenters. The number of hydrogen-bond acceptors (Lipinski definition) is 6. The molecule has 0 aliphatic rings. The highest BCUT2D eigenvalue weighted by Crippen LogP contribution is 2.27. The van der Waals surface area contributed by atoms with Crippen LogP contribution in [-0.4, -0.2) is 28.1 Å². The summed E-state index contributed by atoms with van der Waals surface area (Å²) >= 11 is 0. The SMILES string of the molecule is COc1cc(C=O)ccc1OCn1cc([N+](=O)[O-])cn1. The van der Waals surface area contributed by atoms with Crippen molar-refractivity contribution in [2.75, 3.05) is 7.11 Å². The van der Waals surface area contributed by atoms with E-state index in [0.29, 0.717) is 23.3 Å². The van der Waals surface area contributed by atoms with Crippen LogP contribution < -0.4 is 9.47 Å². The van der Waals surface area contributed by atoms with E-state index in [1.54, 1.807) is 12.1 Å². The highest BCUT2D eigenvalue weighted by atomic mass is 16.6. The molecule has 2 rings (SSSR count). The van der Waals surface area contributed by atoms with E-state index >= 15 is 0 Å². The predicted molar refractivity (Wildman–Crippen MR) is 67.9 cm³/mol. The van der Waals surface area contributed by atoms with E-state index in [0.717, 1.165) is 6.20 Å². The van der Waals surface area contributed by atoms with Gasteiger partial charge in [0.2, 0.25) is 0 Å². The monoisotopic (exact) mass is 277 g/mol. The smallest absolute Gasteiger partial charge is 0.307 e. The van der Waals surface area contributed by atoms with Gasteiger partial charge in [-0.1, -0.05) is 0 Å². The molecule has 2 aromatic rings. The molecular weight excluding hydrogens is 266 g/mol. The number of carbonyl (C=O) groups excluding carboxylic acids is 1. The lowest BCUT2D eigenvalue weighted by Crippen LogP contribution is -2.06. The molecule has 0 amide bonds. The average molecular weight is 277 g/mol. The topological polar surface area (TPSA) is 96.5 Å². The summed E-state index contributed by atoms with van der Waals surface area (Å²) in [5.41, 5.74) is 0.348. The number of nitrogens with zero attached hydrogens (tertiary/aromatic N) is 3. The number of ether oxygens (including phenoxy) is 2. The van der Waals surface area contributed by atoms with Gasteiger partial charge in [-0.15, -0.1) is 0 Å². The van der Waals surface area contributed by atoms with Gasteiger partial charge >= 0.3 is 5.69 Å². The summed E-state index contributed by atoms with van der Waals surface area (Å²) in [5, 5.41) is 14.3. The number of aromatic nitrogens is 2. The van der Waals surface area contributed by atoms with E-state index in [2.05, 4.69) is 5.10 Å². The maximum absolute atomic E-state index is 10.7. The minimum absolute atomic E-state index is 0.00929. The Kier molecular flexibility index (Phi) is 3.94. The van der Waals surface area contributed by atoms with Crippen LogP contribution in [0.5, 0.6) is 11.5 Å². The van der Waals surface area contributed by atoms with E-state index in [1.807, 2.05) is 0 Å². The normalized spacial score (nSPS) is 10.1. The van der Waals surface area contributed by atoms with Crippen LogP contribution in [0.2, 0.25) is 0 Å². The molecule has 0 saturated heterocycles. The molecule has 0 radical (unpaired) electrons. The van der Waals surface area contributed by atoms with Crippen LogP contribution in [0.15, 0.2) is 30.6 Å². The van der Waals surface area contributed by atoms with Gasteiger partial charge in [0.05, 0.1) is 12.0 Å². The summed E-state index contributed by atoms with van der Waals surface area (Å²) in [6.45, 7) is -0.00929. The fraction of sp³-hybridized carbons (Fsp3) is 0.167. The summed E-state index contributed by atoms with van der Waals surface area (Å²) in [5.74, 6) is 0.813. The van der Waals surface area contributed by atoms with E-state index in [9.17, 15) is 14.9 Å². The van der Waals surface area contributed by atoms with Gasteiger partial charge in [0.1, 0.15) is 18.7 Å². The van der Waals surface area contributed by atoms with Crippen molar-refractivity contribution in [3.63, 3.8) is 0 Å². The van der Waals surface area contributed by atoms with Crippen LogP contribution in [0.1, 0.15) is 10.4 Å². The molecule has 104 valence electrons. The lowest BCUT2D eigenvalue weighted by Gasteiger charge is -2.10. The second-order valence-electron chi connectivity index (χ2n) is 3.80. The van der Waals surface area contributed by atoms with Crippen LogP contribution in [-0.2, 0) is 6.73 Å². The molecule has 0 aliphatic carbocycles. The quantitative estimate of drug-likeness (QED) is 0.452. The zero-order chi connectivity index (χ0) is 14.5. The van der Waals surface area contributed by atoms with Gasteiger partial charge in [-0.25, -0.2) is 4.68 Å². The highest BCUT2D eigenvalue weighted by molar-refractivity contribution is 5.76. The lowest BCUT2D eigenvalue weighted by molar-refractivity contribution is -0.385. The maximum atomic E-state index is 10.7. The molecule has 0 unspecified atom stereocenters. The number of benzene rings is 1. The van der Waals surface area contributed by atoms with E-state index < -0.39 is 4.92 Å². The first-order valence-electron chi connectivity index (χ1n) is 5.57. The molecule has 1 aromatic carbocycles. The zero-order valence-corrected chi connectivity index (χ0v) is 10.6. The molecule has 0 saturated carbocycles. The van der Waals surface area contributed by atoms with Crippen molar-refractivity contribution >= 4 is 12.0 Å². The fourth-order valence-corrected chi connectivity index (χ4v) is 1.53. The molecule has 0 spiro atoms. The number of hydrogen-bond donors (Lipinski definition) is 0. The first kappa shape index (κ1) is 13.5. The lowest BCUT2D eigenvalue weighted by atomic mass is 10.2. The first-order chi connectivity index (χ1) is 9.63. The van der Waals surface area contributed by atoms with Crippen LogP contribution in [0, 0.1) is 10.1 Å². The Balaban J connectivity index is 2.09. The van der Waals surface area contributed by atoms with Crippen molar-refractivity contribution in [1.29, 1.82) is 0 Å². The second kappa shape index (κ2) is 5.83. The third-order valence-corrected chi connectivity index (χ3v) is 2.51. The Hall–Kier alpha value is -2.90. The van der Waals surface area contributed by atoms with Crippen LogP contribution >= 0.6 is 0 Å². The Morgan fingerprint density at radius 1 is 1.45 bits per heavy atom. The molecule has 0 bridgehead atoms. The Labute approximate surface area is 113 Å². The van der Waals surface area contributed by atoms with Crippen LogP contribution in [0.3, 0.4) is 0 Å². The van der Waals surface area contributed by atoms with Gasteiger partial charge in [0.25, 0.3) is 0 Å². The van der Waals surface area contributed by atoms with Gasteiger partial charge in [0, 0.05) is 5.56 Å². The van der Waals surface area contributed by atoms with E-state index in [1.165, 1.54) is 24.1 Å². The van der Waals surface area contributed by atoms with Gasteiger partial charge in [0.15, 0.2) is 18.2 Å². The van der Waals surface area contributed by atoms with Crippen molar-refractivity contribution in [2.45, 2.75) is 6.73 Å². The standard InChI is InChI=1S/C12H11N3O5/c1-19-12-4-9(7-16)2-3-11(12)20-8-14-6-10(5-13-14)15(17)18/h2-7H,8H2,1H3. The molecule has 0 aliphatic heterocycles. The van der Waals surface area contributed by atoms with Crippen LogP contribution in [0.4, 0.5) is 5.69 Å². The summed E-state index contributed by atoms with van der Waals surface area (Å²) < 4.78 is 11.8. The van der Waals surface area contributed by atoms with Crippen molar-refractivity contribution in [3.8, 4) is 11.5 Å². The number of rotatable bonds is 6. The van der Waals surface area contributed by atoms with Crippen molar-refractivity contribution < 1.29 is 19.2 Å². The highest BCUT2D eigenvalue weighted by Gasteiger charge is 2.10. The number of methoxy groups -OCH3 is 1. The summed E-state index contributed by atoms with van der Waals surface area (Å²) in [7, 11) is 1.45. The Morgan fingerprint density at radius 2 is 2.25 bits per heavy atom. The van der Waals surface area contributed by atoms with Gasteiger partial charge in [-0.05, 0) is 18.2 Å². The zero-order valence-electron chi connectivity index (χ0n) is 10.6. The summed E-state index contributed by atoms with van der Waals surface area (Å²) in [4.78, 5) is 20.6. The van der Waals surface area contributed by atoms with Crippen molar-refractivity contribution in [1.82, 2.24) is 9.78 Å². The Morgan fingerprint density at radius 3 is 2.85 bits per heavy atom. The average Bonchev–Trinajstić information content (AvgIpc) is 2.94. The number of aldehydes is 1.